The van der Waals surface area contributed by atoms with E-state index in [4.69, 9.17) is 9.97 Å². The monoisotopic (exact) mass is 503 g/mol. The van der Waals surface area contributed by atoms with Gasteiger partial charge in [0.05, 0.1) is 11.0 Å². The maximum absolute atomic E-state index is 4.86. The van der Waals surface area contributed by atoms with Gasteiger partial charge in [-0.1, -0.05) is 91.0 Å². The fourth-order valence-electron chi connectivity index (χ4n) is 5.56. The molecule has 0 atom stereocenters. The number of fused-ring (bicyclic) bond motifs is 7. The van der Waals surface area contributed by atoms with Crippen LogP contribution < -0.4 is 0 Å². The van der Waals surface area contributed by atoms with Crippen molar-refractivity contribution < 1.29 is 0 Å². The second-order valence-corrected chi connectivity index (χ2v) is 10.6. The number of para-hydroxylation sites is 1. The summed E-state index contributed by atoms with van der Waals surface area (Å²) in [5.41, 5.74) is 6.76. The van der Waals surface area contributed by atoms with E-state index >= 15 is 0 Å². The van der Waals surface area contributed by atoms with Crippen molar-refractivity contribution in [1.29, 1.82) is 0 Å². The van der Waals surface area contributed by atoms with Crippen molar-refractivity contribution in [1.82, 2.24) is 14.5 Å². The average Bonchev–Trinajstić information content (AvgIpc) is 3.53. The van der Waals surface area contributed by atoms with Crippen LogP contribution in [0.15, 0.2) is 128 Å². The molecule has 3 nitrogen and oxygen atoms in total. The molecular formula is C34H21N3S. The van der Waals surface area contributed by atoms with Crippen LogP contribution in [0.5, 0.6) is 0 Å². The highest BCUT2D eigenvalue weighted by atomic mass is 32.1. The summed E-state index contributed by atoms with van der Waals surface area (Å²) in [7, 11) is 0. The van der Waals surface area contributed by atoms with Crippen molar-refractivity contribution in [3.8, 4) is 28.2 Å². The third-order valence-corrected chi connectivity index (χ3v) is 8.48. The van der Waals surface area contributed by atoms with Gasteiger partial charge in [-0.15, -0.1) is 11.3 Å². The van der Waals surface area contributed by atoms with Gasteiger partial charge < -0.3 is 0 Å². The van der Waals surface area contributed by atoms with Gasteiger partial charge in [-0.2, -0.15) is 0 Å². The number of rotatable bonds is 3. The summed E-state index contributed by atoms with van der Waals surface area (Å²) in [5, 5.41) is 5.10. The predicted molar refractivity (Wildman–Crippen MR) is 160 cm³/mol. The topological polar surface area (TPSA) is 30.7 Å². The molecule has 0 aliphatic carbocycles. The first-order valence-electron chi connectivity index (χ1n) is 12.7. The van der Waals surface area contributed by atoms with Crippen LogP contribution in [-0.2, 0) is 0 Å². The van der Waals surface area contributed by atoms with Crippen LogP contribution in [0.1, 0.15) is 0 Å². The second-order valence-electron chi connectivity index (χ2n) is 9.50. The third kappa shape index (κ3) is 3.21. The number of benzene rings is 5. The van der Waals surface area contributed by atoms with Crippen LogP contribution >= 0.6 is 11.3 Å². The normalized spacial score (nSPS) is 11.7. The van der Waals surface area contributed by atoms with Gasteiger partial charge in [0, 0.05) is 48.9 Å². The standard InChI is InChI=1S/C34H21N3S/c1-2-8-22(9-3-1)23-14-16-24(17-15-23)25-20-35-34(36-21-25)37-28-12-6-4-10-26(28)32-29(37)18-19-31-33(32)27-11-5-7-13-30(27)38-31/h1-21H. The quantitative estimate of drug-likeness (QED) is 0.240. The molecule has 0 radical (unpaired) electrons. The summed E-state index contributed by atoms with van der Waals surface area (Å²) in [5.74, 6) is 0.680. The molecule has 0 N–H and O–H groups in total. The van der Waals surface area contributed by atoms with Crippen molar-refractivity contribution in [2.24, 2.45) is 0 Å². The highest BCUT2D eigenvalue weighted by molar-refractivity contribution is 7.26. The first kappa shape index (κ1) is 21.3. The molecule has 0 bridgehead atoms. The van der Waals surface area contributed by atoms with E-state index in [9.17, 15) is 0 Å². The van der Waals surface area contributed by atoms with Gasteiger partial charge in [-0.05, 0) is 41.0 Å². The molecule has 178 valence electrons. The summed E-state index contributed by atoms with van der Waals surface area (Å²) in [6, 6.07) is 40.7. The molecule has 8 aromatic rings. The van der Waals surface area contributed by atoms with Gasteiger partial charge in [0.15, 0.2) is 0 Å². The minimum atomic E-state index is 0.680. The maximum Gasteiger partial charge on any atom is 0.234 e. The summed E-state index contributed by atoms with van der Waals surface area (Å²) < 4.78 is 4.81. The lowest BCUT2D eigenvalue weighted by Gasteiger charge is -2.08. The molecule has 5 aromatic carbocycles. The van der Waals surface area contributed by atoms with Crippen LogP contribution in [-0.4, -0.2) is 14.5 Å². The van der Waals surface area contributed by atoms with E-state index in [0.29, 0.717) is 5.95 Å². The van der Waals surface area contributed by atoms with Gasteiger partial charge >= 0.3 is 0 Å². The molecule has 0 aliphatic rings. The summed E-state index contributed by atoms with van der Waals surface area (Å²) in [4.78, 5) is 9.73. The zero-order valence-corrected chi connectivity index (χ0v) is 21.2. The van der Waals surface area contributed by atoms with Gasteiger partial charge in [0.25, 0.3) is 0 Å². The van der Waals surface area contributed by atoms with Crippen molar-refractivity contribution in [3.63, 3.8) is 0 Å². The molecule has 0 amide bonds. The van der Waals surface area contributed by atoms with Crippen LogP contribution in [0.2, 0.25) is 0 Å². The van der Waals surface area contributed by atoms with Gasteiger partial charge in [-0.3, -0.25) is 4.57 Å². The minimum absolute atomic E-state index is 0.680. The molecule has 4 heteroatoms. The lowest BCUT2D eigenvalue weighted by atomic mass is 10.0. The maximum atomic E-state index is 4.86. The highest BCUT2D eigenvalue weighted by Crippen LogP contribution is 2.42. The van der Waals surface area contributed by atoms with Crippen molar-refractivity contribution in [2.45, 2.75) is 0 Å². The highest BCUT2D eigenvalue weighted by Gasteiger charge is 2.18. The van der Waals surface area contributed by atoms with Gasteiger partial charge in [0.2, 0.25) is 5.95 Å². The van der Waals surface area contributed by atoms with Crippen molar-refractivity contribution in [2.75, 3.05) is 0 Å². The van der Waals surface area contributed by atoms with Gasteiger partial charge in [-0.25, -0.2) is 9.97 Å². The number of thiophene rings is 1. The molecule has 8 rings (SSSR count). The van der Waals surface area contributed by atoms with E-state index in [1.165, 1.54) is 42.1 Å². The minimum Gasteiger partial charge on any atom is -0.278 e. The van der Waals surface area contributed by atoms with Crippen LogP contribution in [0.3, 0.4) is 0 Å². The zero-order valence-electron chi connectivity index (χ0n) is 20.4. The Morgan fingerprint density at radius 2 is 1.08 bits per heavy atom. The van der Waals surface area contributed by atoms with E-state index in [1.54, 1.807) is 0 Å². The van der Waals surface area contributed by atoms with E-state index in [-0.39, 0.29) is 0 Å². The molecule has 38 heavy (non-hydrogen) atoms. The molecule has 0 spiro atoms. The lowest BCUT2D eigenvalue weighted by Crippen LogP contribution is -2.00. The molecule has 0 saturated heterocycles. The Bertz CT molecular complexity index is 2100. The third-order valence-electron chi connectivity index (χ3n) is 7.34. The Balaban J connectivity index is 1.27. The molecular weight excluding hydrogens is 482 g/mol. The molecule has 3 heterocycles. The molecule has 3 aromatic heterocycles. The molecule has 0 aliphatic heterocycles. The smallest absolute Gasteiger partial charge is 0.234 e. The fourth-order valence-corrected chi connectivity index (χ4v) is 6.68. The predicted octanol–water partition coefficient (Wildman–Crippen LogP) is 9.28. The lowest BCUT2D eigenvalue weighted by molar-refractivity contribution is 0.990. The Morgan fingerprint density at radius 1 is 0.447 bits per heavy atom. The average molecular weight is 504 g/mol. The number of aromatic nitrogens is 3. The zero-order chi connectivity index (χ0) is 25.1. The SMILES string of the molecule is c1ccc(-c2ccc(-c3cnc(-n4c5ccccc5c5c6c(ccc54)sc4ccccc46)nc3)cc2)cc1. The van der Waals surface area contributed by atoms with Gasteiger partial charge in [0.1, 0.15) is 0 Å². The summed E-state index contributed by atoms with van der Waals surface area (Å²) in [6.45, 7) is 0. The summed E-state index contributed by atoms with van der Waals surface area (Å²) >= 11 is 1.85. The van der Waals surface area contributed by atoms with E-state index < -0.39 is 0 Å². The molecule has 0 unspecified atom stereocenters. The summed E-state index contributed by atoms with van der Waals surface area (Å²) in [6.07, 6.45) is 3.86. The van der Waals surface area contributed by atoms with E-state index in [2.05, 4.69) is 114 Å². The van der Waals surface area contributed by atoms with Crippen LogP contribution in [0.4, 0.5) is 0 Å². The number of hydrogen-bond acceptors (Lipinski definition) is 3. The molecule has 0 saturated carbocycles. The Kier molecular flexibility index (Phi) is 4.69. The van der Waals surface area contributed by atoms with Crippen molar-refractivity contribution in [3.05, 3.63) is 128 Å². The first-order valence-corrected chi connectivity index (χ1v) is 13.5. The Labute approximate surface area is 223 Å². The first-order chi connectivity index (χ1) is 18.8. The largest absolute Gasteiger partial charge is 0.278 e. The molecule has 0 fully saturated rings. The van der Waals surface area contributed by atoms with E-state index in [1.807, 2.05) is 29.8 Å². The number of hydrogen-bond donors (Lipinski definition) is 0. The van der Waals surface area contributed by atoms with Crippen molar-refractivity contribution >= 4 is 53.3 Å². The fraction of sp³-hybridized carbons (Fsp3) is 0. The Morgan fingerprint density at radius 3 is 1.87 bits per heavy atom. The van der Waals surface area contributed by atoms with Crippen LogP contribution in [0, 0.1) is 0 Å². The van der Waals surface area contributed by atoms with E-state index in [0.717, 1.165) is 22.2 Å². The van der Waals surface area contributed by atoms with Crippen LogP contribution in [0.25, 0.3) is 70.2 Å². The number of nitrogens with zero attached hydrogens (tertiary/aromatic N) is 3. The second kappa shape index (κ2) is 8.37. The Hall–Kier alpha value is -4.80.